The zero-order chi connectivity index (χ0) is 12.0. The standard InChI is InChI=1S/C12H14N2O2/c1-3-9(2)14-12(16)10-6-4-5-7-11(10)13-8-15/h4-7,9H,3H2,1-2H3,(H,14,16). The number of rotatable bonds is 4. The van der Waals surface area contributed by atoms with Crippen LogP contribution in [-0.2, 0) is 4.79 Å². The quantitative estimate of drug-likeness (QED) is 0.622. The molecular formula is C12H14N2O2. The minimum atomic E-state index is -0.219. The second-order valence-electron chi connectivity index (χ2n) is 3.50. The molecule has 0 aromatic heterocycles. The molecule has 1 atom stereocenters. The van der Waals surface area contributed by atoms with Gasteiger partial charge in [-0.1, -0.05) is 19.1 Å². The van der Waals surface area contributed by atoms with Crippen LogP contribution in [0.3, 0.4) is 0 Å². The second kappa shape index (κ2) is 5.83. The molecule has 0 fully saturated rings. The molecule has 1 rings (SSSR count). The molecule has 0 bridgehead atoms. The molecule has 0 heterocycles. The molecule has 4 heteroatoms. The van der Waals surface area contributed by atoms with E-state index in [4.69, 9.17) is 0 Å². The van der Waals surface area contributed by atoms with Gasteiger partial charge in [-0.3, -0.25) is 4.79 Å². The Balaban J connectivity index is 2.94. The van der Waals surface area contributed by atoms with Gasteiger partial charge in [0.15, 0.2) is 0 Å². The number of carbonyl (C=O) groups is 1. The van der Waals surface area contributed by atoms with E-state index in [0.29, 0.717) is 11.3 Å². The van der Waals surface area contributed by atoms with Crippen LogP contribution < -0.4 is 5.32 Å². The normalized spacial score (nSPS) is 11.4. The third kappa shape index (κ3) is 3.04. The predicted molar refractivity (Wildman–Crippen MR) is 61.4 cm³/mol. The Kier molecular flexibility index (Phi) is 4.42. The van der Waals surface area contributed by atoms with Crippen LogP contribution in [0.5, 0.6) is 0 Å². The molecule has 1 aromatic carbocycles. The fraction of sp³-hybridized carbons (Fsp3) is 0.333. The molecule has 16 heavy (non-hydrogen) atoms. The number of hydrogen-bond acceptors (Lipinski definition) is 3. The zero-order valence-corrected chi connectivity index (χ0v) is 9.36. The van der Waals surface area contributed by atoms with Gasteiger partial charge >= 0.3 is 0 Å². The van der Waals surface area contributed by atoms with Gasteiger partial charge in [-0.15, -0.1) is 0 Å². The highest BCUT2D eigenvalue weighted by Crippen LogP contribution is 2.17. The van der Waals surface area contributed by atoms with Crippen molar-refractivity contribution in [2.75, 3.05) is 0 Å². The highest BCUT2D eigenvalue weighted by molar-refractivity contribution is 5.99. The van der Waals surface area contributed by atoms with Gasteiger partial charge in [0.05, 0.1) is 11.3 Å². The first-order chi connectivity index (χ1) is 7.69. The molecule has 1 unspecified atom stereocenters. The highest BCUT2D eigenvalue weighted by atomic mass is 16.1. The third-order valence-electron chi connectivity index (χ3n) is 2.30. The van der Waals surface area contributed by atoms with Gasteiger partial charge in [-0.25, -0.2) is 4.79 Å². The summed E-state index contributed by atoms with van der Waals surface area (Å²) in [6.45, 7) is 3.91. The number of aliphatic imine (C=N–C) groups is 1. The summed E-state index contributed by atoms with van der Waals surface area (Å²) in [4.78, 5) is 25.5. The molecule has 84 valence electrons. The fourth-order valence-corrected chi connectivity index (χ4v) is 1.22. The Morgan fingerprint density at radius 3 is 2.81 bits per heavy atom. The largest absolute Gasteiger partial charge is 0.350 e. The van der Waals surface area contributed by atoms with Crippen molar-refractivity contribution >= 4 is 17.7 Å². The van der Waals surface area contributed by atoms with Crippen molar-refractivity contribution in [3.63, 3.8) is 0 Å². The van der Waals surface area contributed by atoms with Crippen LogP contribution in [0.25, 0.3) is 0 Å². The summed E-state index contributed by atoms with van der Waals surface area (Å²) in [5, 5.41) is 2.82. The van der Waals surface area contributed by atoms with E-state index in [1.54, 1.807) is 24.3 Å². The number of benzene rings is 1. The molecule has 0 aliphatic carbocycles. The lowest BCUT2D eigenvalue weighted by molar-refractivity contribution is 0.0940. The molecule has 1 aromatic rings. The van der Waals surface area contributed by atoms with Gasteiger partial charge in [0.2, 0.25) is 6.08 Å². The van der Waals surface area contributed by atoms with Crippen molar-refractivity contribution in [3.8, 4) is 0 Å². The second-order valence-corrected chi connectivity index (χ2v) is 3.50. The maximum Gasteiger partial charge on any atom is 0.253 e. The number of hydrogen-bond donors (Lipinski definition) is 1. The molecule has 0 saturated carbocycles. The third-order valence-corrected chi connectivity index (χ3v) is 2.30. The Labute approximate surface area is 94.4 Å². The van der Waals surface area contributed by atoms with Crippen LogP contribution in [-0.4, -0.2) is 18.0 Å². The van der Waals surface area contributed by atoms with Crippen LogP contribution in [0.1, 0.15) is 30.6 Å². The first-order valence-corrected chi connectivity index (χ1v) is 5.16. The fourth-order valence-electron chi connectivity index (χ4n) is 1.22. The number of carbonyl (C=O) groups excluding carboxylic acids is 2. The number of nitrogens with one attached hydrogen (secondary N) is 1. The number of amides is 1. The average molecular weight is 218 g/mol. The van der Waals surface area contributed by atoms with Crippen molar-refractivity contribution in [2.45, 2.75) is 26.3 Å². The van der Waals surface area contributed by atoms with E-state index in [1.165, 1.54) is 6.08 Å². The molecule has 1 N–H and O–H groups in total. The summed E-state index contributed by atoms with van der Waals surface area (Å²) in [6, 6.07) is 6.79. The molecule has 0 saturated heterocycles. The van der Waals surface area contributed by atoms with Gasteiger partial charge in [0.1, 0.15) is 0 Å². The summed E-state index contributed by atoms with van der Waals surface area (Å²) in [5.41, 5.74) is 0.740. The summed E-state index contributed by atoms with van der Waals surface area (Å²) < 4.78 is 0. The Hall–Kier alpha value is -1.93. The van der Waals surface area contributed by atoms with E-state index in [2.05, 4.69) is 10.3 Å². The molecule has 0 radical (unpaired) electrons. The Bertz CT molecular complexity index is 423. The molecule has 4 nitrogen and oxygen atoms in total. The zero-order valence-electron chi connectivity index (χ0n) is 9.36. The van der Waals surface area contributed by atoms with E-state index in [0.717, 1.165) is 6.42 Å². The smallest absolute Gasteiger partial charge is 0.253 e. The molecular weight excluding hydrogens is 204 g/mol. The van der Waals surface area contributed by atoms with Gasteiger partial charge in [0, 0.05) is 6.04 Å². The molecule has 0 aliphatic rings. The van der Waals surface area contributed by atoms with E-state index >= 15 is 0 Å². The maximum atomic E-state index is 11.8. The Morgan fingerprint density at radius 2 is 2.19 bits per heavy atom. The van der Waals surface area contributed by atoms with Crippen molar-refractivity contribution in [1.29, 1.82) is 0 Å². The average Bonchev–Trinajstić information content (AvgIpc) is 2.30. The lowest BCUT2D eigenvalue weighted by atomic mass is 10.1. The van der Waals surface area contributed by atoms with Crippen molar-refractivity contribution in [3.05, 3.63) is 29.8 Å². The van der Waals surface area contributed by atoms with Crippen LogP contribution in [0.15, 0.2) is 29.3 Å². The van der Waals surface area contributed by atoms with Crippen molar-refractivity contribution in [1.82, 2.24) is 5.32 Å². The van der Waals surface area contributed by atoms with Crippen LogP contribution >= 0.6 is 0 Å². The molecule has 0 spiro atoms. The van der Waals surface area contributed by atoms with Crippen LogP contribution in [0, 0.1) is 0 Å². The lowest BCUT2D eigenvalue weighted by Gasteiger charge is -2.11. The topological polar surface area (TPSA) is 58.5 Å². The van der Waals surface area contributed by atoms with Gasteiger partial charge < -0.3 is 5.32 Å². The van der Waals surface area contributed by atoms with Crippen molar-refractivity contribution in [2.24, 2.45) is 4.99 Å². The van der Waals surface area contributed by atoms with Crippen LogP contribution in [0.2, 0.25) is 0 Å². The SMILES string of the molecule is CCC(C)NC(=O)c1ccccc1N=C=O. The van der Waals surface area contributed by atoms with E-state index in [1.807, 2.05) is 13.8 Å². The number of para-hydroxylation sites is 1. The summed E-state index contributed by atoms with van der Waals surface area (Å²) in [6.07, 6.45) is 2.29. The summed E-state index contributed by atoms with van der Waals surface area (Å²) in [7, 11) is 0. The van der Waals surface area contributed by atoms with Crippen molar-refractivity contribution < 1.29 is 9.59 Å². The predicted octanol–water partition coefficient (Wildman–Crippen LogP) is 2.18. The van der Waals surface area contributed by atoms with E-state index in [-0.39, 0.29) is 11.9 Å². The minimum absolute atomic E-state index is 0.0979. The monoisotopic (exact) mass is 218 g/mol. The van der Waals surface area contributed by atoms with E-state index < -0.39 is 0 Å². The first-order valence-electron chi connectivity index (χ1n) is 5.16. The summed E-state index contributed by atoms with van der Waals surface area (Å²) >= 11 is 0. The first kappa shape index (κ1) is 12.1. The van der Waals surface area contributed by atoms with Gasteiger partial charge in [0.25, 0.3) is 5.91 Å². The van der Waals surface area contributed by atoms with Gasteiger partial charge in [-0.2, -0.15) is 4.99 Å². The van der Waals surface area contributed by atoms with E-state index in [9.17, 15) is 9.59 Å². The number of nitrogens with zero attached hydrogens (tertiary/aromatic N) is 1. The lowest BCUT2D eigenvalue weighted by Crippen LogP contribution is -2.31. The van der Waals surface area contributed by atoms with Gasteiger partial charge in [-0.05, 0) is 25.5 Å². The number of isocyanates is 1. The maximum absolute atomic E-state index is 11.8. The minimum Gasteiger partial charge on any atom is -0.350 e. The highest BCUT2D eigenvalue weighted by Gasteiger charge is 2.11. The summed E-state index contributed by atoms with van der Waals surface area (Å²) in [5.74, 6) is -0.219. The van der Waals surface area contributed by atoms with Crippen LogP contribution in [0.4, 0.5) is 5.69 Å². The molecule has 0 aliphatic heterocycles. The molecule has 1 amide bonds. The Morgan fingerprint density at radius 1 is 1.50 bits per heavy atom.